The van der Waals surface area contributed by atoms with E-state index in [1.165, 1.54) is 0 Å². The number of ketones is 1. The van der Waals surface area contributed by atoms with E-state index in [2.05, 4.69) is 29.3 Å². The normalized spacial score (nSPS) is 11.4. The molecule has 0 radical (unpaired) electrons. The summed E-state index contributed by atoms with van der Waals surface area (Å²) in [4.78, 5) is 27.5. The van der Waals surface area contributed by atoms with Crippen molar-refractivity contribution in [3.63, 3.8) is 0 Å². The van der Waals surface area contributed by atoms with E-state index in [9.17, 15) is 4.79 Å². The number of benzene rings is 2. The molecule has 0 atom stereocenters. The van der Waals surface area contributed by atoms with Crippen molar-refractivity contribution in [2.45, 2.75) is 13.3 Å². The maximum Gasteiger partial charge on any atom is 0.179 e. The van der Waals surface area contributed by atoms with Crippen LogP contribution in [0.1, 0.15) is 23.7 Å². The van der Waals surface area contributed by atoms with Gasteiger partial charge in [0, 0.05) is 22.8 Å². The molecule has 4 rings (SSSR count). The van der Waals surface area contributed by atoms with Crippen LogP contribution in [0, 0.1) is 0 Å². The molecule has 6 heteroatoms. The Hall–Kier alpha value is -3.25. The number of aromatic amines is 1. The second kappa shape index (κ2) is 8.01. The smallest absolute Gasteiger partial charge is 0.179 e. The molecule has 148 valence electrons. The zero-order valence-corrected chi connectivity index (χ0v) is 17.0. The zero-order chi connectivity index (χ0) is 20.4. The molecule has 4 aromatic rings. The van der Waals surface area contributed by atoms with Gasteiger partial charge in [0.15, 0.2) is 11.6 Å². The number of carbonyl (C=O) groups is 1. The van der Waals surface area contributed by atoms with Crippen molar-refractivity contribution in [2.75, 3.05) is 32.5 Å². The van der Waals surface area contributed by atoms with Crippen LogP contribution in [-0.4, -0.2) is 52.8 Å². The van der Waals surface area contributed by atoms with Gasteiger partial charge in [0.1, 0.15) is 5.82 Å². The standard InChI is InChI=1S/C23H25N5O/c1-15(29)20-16-9-4-6-11-18(16)25-21(20)23-26-19-12-7-5-10-17(19)22(27-23)24-13-8-14-28(2)3/h4-7,9-12,25H,8,13-14H2,1-3H3,(H,24,26,27). The Morgan fingerprint density at radius 3 is 2.52 bits per heavy atom. The minimum Gasteiger partial charge on any atom is -0.369 e. The van der Waals surface area contributed by atoms with Crippen LogP contribution in [0.15, 0.2) is 48.5 Å². The third kappa shape index (κ3) is 3.84. The molecule has 0 aliphatic rings. The largest absolute Gasteiger partial charge is 0.369 e. The number of hydrogen-bond donors (Lipinski definition) is 2. The number of H-pyrrole nitrogens is 1. The van der Waals surface area contributed by atoms with Gasteiger partial charge in [-0.05, 0) is 52.2 Å². The highest BCUT2D eigenvalue weighted by atomic mass is 16.1. The Bertz CT molecular complexity index is 1180. The number of rotatable bonds is 7. The Balaban J connectivity index is 1.81. The molecular weight excluding hydrogens is 362 g/mol. The number of fused-ring (bicyclic) bond motifs is 2. The van der Waals surface area contributed by atoms with E-state index in [-0.39, 0.29) is 5.78 Å². The van der Waals surface area contributed by atoms with Crippen molar-refractivity contribution in [2.24, 2.45) is 0 Å². The minimum atomic E-state index is -0.00491. The fourth-order valence-electron chi connectivity index (χ4n) is 3.60. The van der Waals surface area contributed by atoms with E-state index in [0.717, 1.165) is 47.1 Å². The predicted octanol–water partition coefficient (Wildman–Crippen LogP) is 4.34. The van der Waals surface area contributed by atoms with Crippen molar-refractivity contribution < 1.29 is 4.79 Å². The lowest BCUT2D eigenvalue weighted by Gasteiger charge is -2.13. The van der Waals surface area contributed by atoms with E-state index >= 15 is 0 Å². The van der Waals surface area contributed by atoms with Gasteiger partial charge in [-0.2, -0.15) is 0 Å². The van der Waals surface area contributed by atoms with Crippen molar-refractivity contribution in [1.29, 1.82) is 0 Å². The van der Waals surface area contributed by atoms with E-state index in [1.807, 2.05) is 48.5 Å². The first-order chi connectivity index (χ1) is 14.0. The van der Waals surface area contributed by atoms with Crippen LogP contribution in [0.3, 0.4) is 0 Å². The lowest BCUT2D eigenvalue weighted by molar-refractivity contribution is 0.102. The van der Waals surface area contributed by atoms with E-state index < -0.39 is 0 Å². The highest BCUT2D eigenvalue weighted by molar-refractivity contribution is 6.12. The highest BCUT2D eigenvalue weighted by Crippen LogP contribution is 2.31. The molecule has 2 aromatic carbocycles. The molecule has 2 N–H and O–H groups in total. The van der Waals surface area contributed by atoms with E-state index in [0.29, 0.717) is 17.1 Å². The van der Waals surface area contributed by atoms with Crippen LogP contribution in [0.5, 0.6) is 0 Å². The second-order valence-corrected chi connectivity index (χ2v) is 7.47. The quantitative estimate of drug-likeness (QED) is 0.364. The third-order valence-electron chi connectivity index (χ3n) is 4.96. The van der Waals surface area contributed by atoms with Gasteiger partial charge in [-0.3, -0.25) is 4.79 Å². The summed E-state index contributed by atoms with van der Waals surface area (Å²) in [5.74, 6) is 1.31. The molecule has 0 amide bonds. The van der Waals surface area contributed by atoms with Crippen molar-refractivity contribution in [3.05, 3.63) is 54.1 Å². The van der Waals surface area contributed by atoms with Crippen molar-refractivity contribution >= 4 is 33.4 Å². The summed E-state index contributed by atoms with van der Waals surface area (Å²) in [6.07, 6.45) is 1.01. The maximum absolute atomic E-state index is 12.4. The molecule has 0 aliphatic heterocycles. The summed E-state index contributed by atoms with van der Waals surface area (Å²) in [6.45, 7) is 3.39. The molecular formula is C23H25N5O. The first-order valence-electron chi connectivity index (χ1n) is 9.82. The first-order valence-corrected chi connectivity index (χ1v) is 9.82. The molecule has 0 fully saturated rings. The summed E-state index contributed by atoms with van der Waals surface area (Å²) < 4.78 is 0. The molecule has 0 spiro atoms. The summed E-state index contributed by atoms with van der Waals surface area (Å²) in [7, 11) is 4.13. The minimum absolute atomic E-state index is 0.00491. The Morgan fingerprint density at radius 1 is 1.03 bits per heavy atom. The second-order valence-electron chi connectivity index (χ2n) is 7.47. The van der Waals surface area contributed by atoms with Gasteiger partial charge in [-0.1, -0.05) is 30.3 Å². The van der Waals surface area contributed by atoms with E-state index in [4.69, 9.17) is 9.97 Å². The van der Waals surface area contributed by atoms with Crippen molar-refractivity contribution in [3.8, 4) is 11.5 Å². The zero-order valence-electron chi connectivity index (χ0n) is 17.0. The molecule has 6 nitrogen and oxygen atoms in total. The summed E-state index contributed by atoms with van der Waals surface area (Å²) >= 11 is 0. The molecule has 2 heterocycles. The SMILES string of the molecule is CC(=O)c1c(-c2nc(NCCCN(C)C)c3ccccc3n2)[nH]c2ccccc12. The molecule has 2 aromatic heterocycles. The number of nitrogens with zero attached hydrogens (tertiary/aromatic N) is 3. The summed E-state index contributed by atoms with van der Waals surface area (Å²) in [5, 5.41) is 5.33. The van der Waals surface area contributed by atoms with Gasteiger partial charge in [-0.15, -0.1) is 0 Å². The number of carbonyl (C=O) groups excluding carboxylic acids is 1. The fraction of sp³-hybridized carbons (Fsp3) is 0.261. The number of Topliss-reactive ketones (excluding diaryl/α,β-unsaturated/α-hetero) is 1. The number of para-hydroxylation sites is 2. The third-order valence-corrected chi connectivity index (χ3v) is 4.96. The van der Waals surface area contributed by atoms with Crippen LogP contribution in [-0.2, 0) is 0 Å². The van der Waals surface area contributed by atoms with Crippen LogP contribution in [0.4, 0.5) is 5.82 Å². The van der Waals surface area contributed by atoms with Gasteiger partial charge >= 0.3 is 0 Å². The van der Waals surface area contributed by atoms with E-state index in [1.54, 1.807) is 6.92 Å². The Morgan fingerprint density at radius 2 is 1.76 bits per heavy atom. The molecule has 0 saturated heterocycles. The predicted molar refractivity (Wildman–Crippen MR) is 118 cm³/mol. The average molecular weight is 387 g/mol. The average Bonchev–Trinajstić information content (AvgIpc) is 3.10. The number of anilines is 1. The number of nitrogens with one attached hydrogen (secondary N) is 2. The number of hydrogen-bond acceptors (Lipinski definition) is 5. The van der Waals surface area contributed by atoms with Gasteiger partial charge in [0.05, 0.1) is 16.8 Å². The Labute approximate surface area is 170 Å². The van der Waals surface area contributed by atoms with Crippen LogP contribution in [0.2, 0.25) is 0 Å². The Kier molecular flexibility index (Phi) is 5.27. The molecule has 0 bridgehead atoms. The lowest BCUT2D eigenvalue weighted by Crippen LogP contribution is -2.17. The lowest BCUT2D eigenvalue weighted by atomic mass is 10.1. The monoisotopic (exact) mass is 387 g/mol. The van der Waals surface area contributed by atoms with Crippen LogP contribution in [0.25, 0.3) is 33.3 Å². The van der Waals surface area contributed by atoms with Crippen LogP contribution < -0.4 is 5.32 Å². The maximum atomic E-state index is 12.4. The molecule has 0 saturated carbocycles. The summed E-state index contributed by atoms with van der Waals surface area (Å²) in [6, 6.07) is 15.7. The van der Waals surface area contributed by atoms with Gasteiger partial charge in [0.25, 0.3) is 0 Å². The van der Waals surface area contributed by atoms with Crippen molar-refractivity contribution in [1.82, 2.24) is 19.9 Å². The fourth-order valence-corrected chi connectivity index (χ4v) is 3.60. The van der Waals surface area contributed by atoms with Gasteiger partial charge in [0.2, 0.25) is 0 Å². The summed E-state index contributed by atoms with van der Waals surface area (Å²) in [5.41, 5.74) is 3.06. The first kappa shape index (κ1) is 19.1. The van der Waals surface area contributed by atoms with Gasteiger partial charge < -0.3 is 15.2 Å². The molecule has 0 unspecified atom stereocenters. The number of aromatic nitrogens is 3. The highest BCUT2D eigenvalue weighted by Gasteiger charge is 2.20. The van der Waals surface area contributed by atoms with Gasteiger partial charge in [-0.25, -0.2) is 9.97 Å². The molecule has 29 heavy (non-hydrogen) atoms. The topological polar surface area (TPSA) is 73.9 Å². The van der Waals surface area contributed by atoms with Crippen LogP contribution >= 0.6 is 0 Å². The molecule has 0 aliphatic carbocycles.